The predicted octanol–water partition coefficient (Wildman–Crippen LogP) is 2.42. The minimum Gasteiger partial charge on any atom is -0.467 e. The number of amides is 1. The van der Waals surface area contributed by atoms with Crippen molar-refractivity contribution in [2.45, 2.75) is 19.4 Å². The zero-order chi connectivity index (χ0) is 15.7. The highest BCUT2D eigenvalue weighted by atomic mass is 32.2. The molecule has 0 radical (unpaired) electrons. The lowest BCUT2D eigenvalue weighted by Crippen LogP contribution is -2.41. The van der Waals surface area contributed by atoms with Crippen molar-refractivity contribution in [1.29, 1.82) is 0 Å². The van der Waals surface area contributed by atoms with E-state index < -0.39 is 12.0 Å². The number of hydrogen-bond acceptors (Lipinski definition) is 4. The molecular formula is C16H21NO3S. The summed E-state index contributed by atoms with van der Waals surface area (Å²) in [5.74, 6) is 0.0677. The average molecular weight is 307 g/mol. The fraction of sp³-hybridized carbons (Fsp3) is 0.375. The number of benzene rings is 1. The van der Waals surface area contributed by atoms with Crippen LogP contribution in [-0.4, -0.2) is 37.0 Å². The van der Waals surface area contributed by atoms with Gasteiger partial charge < -0.3 is 10.1 Å². The molecule has 1 aromatic rings. The van der Waals surface area contributed by atoms with Crippen LogP contribution in [-0.2, 0) is 14.3 Å². The Kier molecular flexibility index (Phi) is 7.61. The second kappa shape index (κ2) is 9.23. The SMILES string of the molecule is COC(=O)[C@@H](CCSC)NC(=O)/C=C/c1ccccc1C. The monoisotopic (exact) mass is 307 g/mol. The minimum atomic E-state index is -0.600. The number of rotatable bonds is 7. The van der Waals surface area contributed by atoms with E-state index in [0.717, 1.165) is 16.9 Å². The fourth-order valence-electron chi connectivity index (χ4n) is 1.79. The highest BCUT2D eigenvalue weighted by Gasteiger charge is 2.19. The summed E-state index contributed by atoms with van der Waals surface area (Å²) in [6, 6.07) is 7.18. The Morgan fingerprint density at radius 3 is 2.71 bits per heavy atom. The second-order valence-corrected chi connectivity index (χ2v) is 5.54. The van der Waals surface area contributed by atoms with Crippen molar-refractivity contribution in [1.82, 2.24) is 5.32 Å². The zero-order valence-corrected chi connectivity index (χ0v) is 13.4. The molecule has 114 valence electrons. The molecule has 0 saturated heterocycles. The molecule has 0 bridgehead atoms. The van der Waals surface area contributed by atoms with Gasteiger partial charge in [0.1, 0.15) is 6.04 Å². The third-order valence-electron chi connectivity index (χ3n) is 3.02. The number of esters is 1. The minimum absolute atomic E-state index is 0.297. The van der Waals surface area contributed by atoms with Gasteiger partial charge in [-0.25, -0.2) is 4.79 Å². The van der Waals surface area contributed by atoms with Crippen LogP contribution < -0.4 is 5.32 Å². The summed E-state index contributed by atoms with van der Waals surface area (Å²) < 4.78 is 4.71. The van der Waals surface area contributed by atoms with Crippen molar-refractivity contribution in [3.63, 3.8) is 0 Å². The van der Waals surface area contributed by atoms with E-state index in [0.29, 0.717) is 6.42 Å². The van der Waals surface area contributed by atoms with Gasteiger partial charge in [0.25, 0.3) is 0 Å². The summed E-state index contributed by atoms with van der Waals surface area (Å²) in [5.41, 5.74) is 2.07. The molecule has 0 aliphatic carbocycles. The highest BCUT2D eigenvalue weighted by Crippen LogP contribution is 2.09. The smallest absolute Gasteiger partial charge is 0.328 e. The summed E-state index contributed by atoms with van der Waals surface area (Å²) in [6.45, 7) is 1.98. The molecule has 0 heterocycles. The molecule has 0 unspecified atom stereocenters. The van der Waals surface area contributed by atoms with E-state index in [9.17, 15) is 9.59 Å². The topological polar surface area (TPSA) is 55.4 Å². The van der Waals surface area contributed by atoms with E-state index >= 15 is 0 Å². The van der Waals surface area contributed by atoms with Crippen molar-refractivity contribution in [3.05, 3.63) is 41.5 Å². The second-order valence-electron chi connectivity index (χ2n) is 4.56. The van der Waals surface area contributed by atoms with Crippen LogP contribution in [0.1, 0.15) is 17.5 Å². The van der Waals surface area contributed by atoms with Crippen LogP contribution in [0.25, 0.3) is 6.08 Å². The van der Waals surface area contributed by atoms with E-state index in [1.165, 1.54) is 13.2 Å². The summed E-state index contributed by atoms with van der Waals surface area (Å²) in [7, 11) is 1.32. The standard InChI is InChI=1S/C16H21NO3S/c1-12-6-4-5-7-13(12)8-9-15(18)17-14(10-11-21-3)16(19)20-2/h4-9,14H,10-11H2,1-3H3,(H,17,18)/b9-8+/t14-/m1/s1. The van der Waals surface area contributed by atoms with Crippen molar-refractivity contribution in [2.24, 2.45) is 0 Å². The molecule has 0 aliphatic heterocycles. The van der Waals surface area contributed by atoms with E-state index in [1.807, 2.05) is 37.4 Å². The van der Waals surface area contributed by atoms with Crippen molar-refractivity contribution < 1.29 is 14.3 Å². The molecule has 1 amide bonds. The Balaban J connectivity index is 2.65. The van der Waals surface area contributed by atoms with Crippen LogP contribution in [0.3, 0.4) is 0 Å². The van der Waals surface area contributed by atoms with Gasteiger partial charge >= 0.3 is 5.97 Å². The molecule has 0 aromatic heterocycles. The molecule has 21 heavy (non-hydrogen) atoms. The molecule has 5 heteroatoms. The largest absolute Gasteiger partial charge is 0.467 e. The summed E-state index contributed by atoms with van der Waals surface area (Å²) >= 11 is 1.62. The molecule has 0 saturated carbocycles. The van der Waals surface area contributed by atoms with Gasteiger partial charge in [0, 0.05) is 6.08 Å². The molecule has 0 aliphatic rings. The number of carbonyl (C=O) groups excluding carboxylic acids is 2. The highest BCUT2D eigenvalue weighted by molar-refractivity contribution is 7.98. The van der Waals surface area contributed by atoms with Crippen LogP contribution in [0.15, 0.2) is 30.3 Å². The number of ether oxygens (including phenoxy) is 1. The van der Waals surface area contributed by atoms with E-state index in [2.05, 4.69) is 5.32 Å². The normalized spacial score (nSPS) is 12.1. The number of hydrogen-bond donors (Lipinski definition) is 1. The van der Waals surface area contributed by atoms with Gasteiger partial charge in [-0.2, -0.15) is 11.8 Å². The fourth-order valence-corrected chi connectivity index (χ4v) is 2.26. The molecular weight excluding hydrogens is 286 g/mol. The average Bonchev–Trinajstić information content (AvgIpc) is 2.49. The number of thioether (sulfide) groups is 1. The quantitative estimate of drug-likeness (QED) is 0.621. The summed E-state index contributed by atoms with van der Waals surface area (Å²) in [5, 5.41) is 2.68. The lowest BCUT2D eigenvalue weighted by atomic mass is 10.1. The van der Waals surface area contributed by atoms with Gasteiger partial charge in [-0.3, -0.25) is 4.79 Å². The third kappa shape index (κ3) is 6.04. The summed E-state index contributed by atoms with van der Waals surface area (Å²) in [4.78, 5) is 23.5. The van der Waals surface area contributed by atoms with Gasteiger partial charge in [-0.05, 0) is 42.6 Å². The number of carbonyl (C=O) groups is 2. The van der Waals surface area contributed by atoms with Gasteiger partial charge in [-0.1, -0.05) is 24.3 Å². The van der Waals surface area contributed by atoms with E-state index in [-0.39, 0.29) is 5.91 Å². The van der Waals surface area contributed by atoms with Gasteiger partial charge in [-0.15, -0.1) is 0 Å². The molecule has 1 N–H and O–H groups in total. The maximum atomic E-state index is 11.9. The van der Waals surface area contributed by atoms with Crippen LogP contribution in [0, 0.1) is 6.92 Å². The van der Waals surface area contributed by atoms with Crippen molar-refractivity contribution >= 4 is 29.7 Å². The Morgan fingerprint density at radius 2 is 2.10 bits per heavy atom. The lowest BCUT2D eigenvalue weighted by Gasteiger charge is -2.14. The lowest BCUT2D eigenvalue weighted by molar-refractivity contribution is -0.144. The van der Waals surface area contributed by atoms with E-state index in [4.69, 9.17) is 4.74 Å². The number of methoxy groups -OCH3 is 1. The Bertz CT molecular complexity index is 514. The van der Waals surface area contributed by atoms with Crippen LogP contribution in [0.2, 0.25) is 0 Å². The molecule has 0 fully saturated rings. The first-order valence-electron chi connectivity index (χ1n) is 6.69. The molecule has 1 atom stereocenters. The van der Waals surface area contributed by atoms with Crippen molar-refractivity contribution in [3.8, 4) is 0 Å². The van der Waals surface area contributed by atoms with Crippen molar-refractivity contribution in [2.75, 3.05) is 19.1 Å². The first-order valence-corrected chi connectivity index (χ1v) is 8.09. The zero-order valence-electron chi connectivity index (χ0n) is 12.6. The predicted molar refractivity (Wildman–Crippen MR) is 87.2 cm³/mol. The van der Waals surface area contributed by atoms with E-state index in [1.54, 1.807) is 17.8 Å². The van der Waals surface area contributed by atoms with Gasteiger partial charge in [0.15, 0.2) is 0 Å². The maximum absolute atomic E-state index is 11.9. The first kappa shape index (κ1) is 17.3. The third-order valence-corrected chi connectivity index (χ3v) is 3.66. The van der Waals surface area contributed by atoms with Gasteiger partial charge in [0.2, 0.25) is 5.91 Å². The van der Waals surface area contributed by atoms with Gasteiger partial charge in [0.05, 0.1) is 7.11 Å². The van der Waals surface area contributed by atoms with Crippen LogP contribution in [0.5, 0.6) is 0 Å². The number of aryl methyl sites for hydroxylation is 1. The summed E-state index contributed by atoms with van der Waals surface area (Å²) in [6.07, 6.45) is 5.69. The number of nitrogens with one attached hydrogen (secondary N) is 1. The molecule has 1 aromatic carbocycles. The molecule has 0 spiro atoms. The molecule has 1 rings (SSSR count). The Hall–Kier alpha value is -1.75. The first-order chi connectivity index (χ1) is 10.1. The maximum Gasteiger partial charge on any atom is 0.328 e. The van der Waals surface area contributed by atoms with Crippen LogP contribution in [0.4, 0.5) is 0 Å². The molecule has 4 nitrogen and oxygen atoms in total. The Labute approximate surface area is 130 Å². The Morgan fingerprint density at radius 1 is 1.38 bits per heavy atom. The van der Waals surface area contributed by atoms with Crippen LogP contribution >= 0.6 is 11.8 Å².